The summed E-state index contributed by atoms with van der Waals surface area (Å²) in [5, 5.41) is 6.13. The van der Waals surface area contributed by atoms with Crippen LogP contribution >= 0.6 is 0 Å². The van der Waals surface area contributed by atoms with Crippen LogP contribution in [0.25, 0.3) is 0 Å². The van der Waals surface area contributed by atoms with E-state index >= 15 is 0 Å². The van der Waals surface area contributed by atoms with Crippen molar-refractivity contribution in [1.82, 2.24) is 4.68 Å². The molecule has 0 amide bonds. The molecule has 1 radical (unpaired) electrons. The molecule has 0 aliphatic carbocycles. The maximum atomic E-state index is 3.94. The summed E-state index contributed by atoms with van der Waals surface area (Å²) in [6.07, 6.45) is 1.95. The Morgan fingerprint density at radius 1 is 1.25 bits per heavy atom. The number of nitrogens with one attached hydrogen (secondary N) is 3. The SMILES string of the molecule is [CH2]c1c(NC)cn(NC)c1NC. The summed E-state index contributed by atoms with van der Waals surface area (Å²) in [4.78, 5) is 0. The Bertz CT molecular complexity index is 264. The van der Waals surface area contributed by atoms with Gasteiger partial charge in [-0.1, -0.05) is 0 Å². The molecule has 1 aromatic rings. The maximum absolute atomic E-state index is 3.94. The molecular weight excluding hydrogens is 152 g/mol. The van der Waals surface area contributed by atoms with E-state index in [1.165, 1.54) is 0 Å². The normalized spacial score (nSPS) is 9.67. The van der Waals surface area contributed by atoms with Crippen molar-refractivity contribution in [1.29, 1.82) is 0 Å². The Morgan fingerprint density at radius 2 is 1.92 bits per heavy atom. The van der Waals surface area contributed by atoms with Gasteiger partial charge in [0.2, 0.25) is 0 Å². The van der Waals surface area contributed by atoms with Crippen LogP contribution in [0.15, 0.2) is 6.20 Å². The molecule has 0 saturated carbocycles. The van der Waals surface area contributed by atoms with E-state index in [1.54, 1.807) is 0 Å². The van der Waals surface area contributed by atoms with E-state index in [0.29, 0.717) is 0 Å². The summed E-state index contributed by atoms with van der Waals surface area (Å²) in [5.74, 6) is 0.974. The highest BCUT2D eigenvalue weighted by atomic mass is 15.4. The van der Waals surface area contributed by atoms with Crippen molar-refractivity contribution in [2.24, 2.45) is 0 Å². The zero-order valence-corrected chi connectivity index (χ0v) is 7.73. The second-order valence-corrected chi connectivity index (χ2v) is 2.46. The van der Waals surface area contributed by atoms with E-state index in [4.69, 9.17) is 0 Å². The van der Waals surface area contributed by atoms with Crippen LogP contribution < -0.4 is 16.1 Å². The van der Waals surface area contributed by atoms with Crippen LogP contribution in [0, 0.1) is 6.92 Å². The predicted octanol–water partition coefficient (Wildman–Crippen LogP) is 0.927. The summed E-state index contributed by atoms with van der Waals surface area (Å²) >= 11 is 0. The minimum atomic E-state index is 0.967. The zero-order valence-electron chi connectivity index (χ0n) is 7.73. The Labute approximate surface area is 72.9 Å². The molecule has 0 aliphatic heterocycles. The first-order valence-electron chi connectivity index (χ1n) is 3.85. The average molecular weight is 167 g/mol. The van der Waals surface area contributed by atoms with Gasteiger partial charge in [-0.05, 0) is 6.92 Å². The molecule has 0 saturated heterocycles. The van der Waals surface area contributed by atoms with Gasteiger partial charge in [0.1, 0.15) is 5.82 Å². The number of hydrogen-bond donors (Lipinski definition) is 3. The van der Waals surface area contributed by atoms with Gasteiger partial charge in [-0.25, -0.2) is 4.68 Å². The van der Waals surface area contributed by atoms with Crippen molar-refractivity contribution in [3.63, 3.8) is 0 Å². The Kier molecular flexibility index (Phi) is 2.47. The van der Waals surface area contributed by atoms with Gasteiger partial charge in [-0.2, -0.15) is 0 Å². The highest BCUT2D eigenvalue weighted by molar-refractivity contribution is 5.65. The van der Waals surface area contributed by atoms with Gasteiger partial charge >= 0.3 is 0 Å². The Morgan fingerprint density at radius 3 is 2.25 bits per heavy atom. The summed E-state index contributed by atoms with van der Waals surface area (Å²) in [6.45, 7) is 3.94. The molecule has 3 N–H and O–H groups in total. The lowest BCUT2D eigenvalue weighted by molar-refractivity contribution is 0.940. The van der Waals surface area contributed by atoms with Crippen molar-refractivity contribution < 1.29 is 0 Å². The van der Waals surface area contributed by atoms with Crippen LogP contribution in [-0.2, 0) is 0 Å². The first-order chi connectivity index (χ1) is 5.74. The molecule has 12 heavy (non-hydrogen) atoms. The molecule has 67 valence electrons. The van der Waals surface area contributed by atoms with Crippen molar-refractivity contribution in [2.75, 3.05) is 37.2 Å². The molecule has 0 fully saturated rings. The van der Waals surface area contributed by atoms with Crippen molar-refractivity contribution in [3.8, 4) is 0 Å². The monoisotopic (exact) mass is 167 g/mol. The molecule has 1 aromatic heterocycles. The molecule has 0 aliphatic rings. The smallest absolute Gasteiger partial charge is 0.129 e. The van der Waals surface area contributed by atoms with Crippen LogP contribution in [0.3, 0.4) is 0 Å². The second-order valence-electron chi connectivity index (χ2n) is 2.46. The van der Waals surface area contributed by atoms with E-state index in [9.17, 15) is 0 Å². The van der Waals surface area contributed by atoms with Gasteiger partial charge in [-0.15, -0.1) is 0 Å². The number of rotatable bonds is 3. The molecule has 4 nitrogen and oxygen atoms in total. The molecule has 0 atom stereocenters. The molecule has 0 aromatic carbocycles. The third kappa shape index (κ3) is 1.20. The minimum Gasteiger partial charge on any atom is -0.387 e. The summed E-state index contributed by atoms with van der Waals surface area (Å²) in [5.41, 5.74) is 5.01. The Balaban J connectivity index is 3.13. The van der Waals surface area contributed by atoms with Crippen molar-refractivity contribution >= 4 is 11.5 Å². The first kappa shape index (κ1) is 8.77. The van der Waals surface area contributed by atoms with Gasteiger partial charge in [-0.3, -0.25) is 0 Å². The quantitative estimate of drug-likeness (QED) is 0.627. The van der Waals surface area contributed by atoms with E-state index in [1.807, 2.05) is 32.0 Å². The number of nitrogens with zero attached hydrogens (tertiary/aromatic N) is 1. The third-order valence-electron chi connectivity index (χ3n) is 1.86. The number of aromatic nitrogens is 1. The summed E-state index contributed by atoms with van der Waals surface area (Å²) < 4.78 is 1.88. The molecule has 0 spiro atoms. The summed E-state index contributed by atoms with van der Waals surface area (Å²) in [7, 11) is 5.61. The average Bonchev–Trinajstić information content (AvgIpc) is 2.41. The van der Waals surface area contributed by atoms with Gasteiger partial charge in [0.15, 0.2) is 0 Å². The fourth-order valence-electron chi connectivity index (χ4n) is 1.21. The van der Waals surface area contributed by atoms with Gasteiger partial charge in [0.25, 0.3) is 0 Å². The lowest BCUT2D eigenvalue weighted by atomic mass is 10.3. The van der Waals surface area contributed by atoms with Gasteiger partial charge in [0.05, 0.1) is 11.9 Å². The molecule has 0 unspecified atom stereocenters. The maximum Gasteiger partial charge on any atom is 0.129 e. The standard InChI is InChI=1S/C8H15N4/c1-6-7(9-2)5-12(11-4)8(6)10-3/h5,9-11H,1H2,2-4H3. The van der Waals surface area contributed by atoms with Crippen LogP contribution in [0.2, 0.25) is 0 Å². The van der Waals surface area contributed by atoms with Crippen molar-refractivity contribution in [2.45, 2.75) is 0 Å². The fourth-order valence-corrected chi connectivity index (χ4v) is 1.21. The van der Waals surface area contributed by atoms with Crippen LogP contribution in [0.5, 0.6) is 0 Å². The number of anilines is 2. The van der Waals surface area contributed by atoms with E-state index in [2.05, 4.69) is 23.0 Å². The Hall–Kier alpha value is -1.32. The van der Waals surface area contributed by atoms with Crippen molar-refractivity contribution in [3.05, 3.63) is 18.7 Å². The van der Waals surface area contributed by atoms with Gasteiger partial charge < -0.3 is 16.1 Å². The molecule has 4 heteroatoms. The van der Waals surface area contributed by atoms with E-state index < -0.39 is 0 Å². The topological polar surface area (TPSA) is 41.0 Å². The molecule has 1 heterocycles. The first-order valence-corrected chi connectivity index (χ1v) is 3.85. The fraction of sp³-hybridized carbons (Fsp3) is 0.375. The molecule has 0 bridgehead atoms. The predicted molar refractivity (Wildman–Crippen MR) is 53.3 cm³/mol. The van der Waals surface area contributed by atoms with Crippen LogP contribution in [-0.4, -0.2) is 25.8 Å². The highest BCUT2D eigenvalue weighted by Gasteiger charge is 2.08. The minimum absolute atomic E-state index is 0.967. The van der Waals surface area contributed by atoms with Gasteiger partial charge in [0, 0.05) is 26.7 Å². The highest BCUT2D eigenvalue weighted by Crippen LogP contribution is 2.23. The van der Waals surface area contributed by atoms with E-state index in [0.717, 1.165) is 17.1 Å². The van der Waals surface area contributed by atoms with Crippen LogP contribution in [0.1, 0.15) is 5.56 Å². The molecule has 1 rings (SSSR count). The van der Waals surface area contributed by atoms with Crippen LogP contribution in [0.4, 0.5) is 11.5 Å². The third-order valence-corrected chi connectivity index (χ3v) is 1.86. The number of hydrogen-bond acceptors (Lipinski definition) is 3. The second kappa shape index (κ2) is 3.38. The largest absolute Gasteiger partial charge is 0.387 e. The molecular formula is C8H15N4. The summed E-state index contributed by atoms with van der Waals surface area (Å²) in [6, 6.07) is 0. The zero-order chi connectivity index (χ0) is 9.14. The van der Waals surface area contributed by atoms with E-state index in [-0.39, 0.29) is 0 Å². The lowest BCUT2D eigenvalue weighted by Crippen LogP contribution is -2.10. The lowest BCUT2D eigenvalue weighted by Gasteiger charge is -2.06.